The lowest BCUT2D eigenvalue weighted by Gasteiger charge is -2.20. The summed E-state index contributed by atoms with van der Waals surface area (Å²) >= 11 is 1.46. The van der Waals surface area contributed by atoms with Gasteiger partial charge in [0.25, 0.3) is 5.91 Å². The van der Waals surface area contributed by atoms with Crippen LogP contribution in [-0.4, -0.2) is 24.6 Å². The van der Waals surface area contributed by atoms with Crippen LogP contribution in [0.2, 0.25) is 0 Å². The molecule has 1 heterocycles. The second kappa shape index (κ2) is 9.08. The van der Waals surface area contributed by atoms with E-state index in [-0.39, 0.29) is 10.8 Å². The Kier molecular flexibility index (Phi) is 6.36. The zero-order chi connectivity index (χ0) is 23.8. The van der Waals surface area contributed by atoms with Crippen molar-refractivity contribution in [3.05, 3.63) is 89.0 Å². The Morgan fingerprint density at radius 3 is 2.42 bits per heavy atom. The Bertz CT molecular complexity index is 1420. The van der Waals surface area contributed by atoms with Crippen LogP contribution < -0.4 is 4.90 Å². The second-order valence-corrected chi connectivity index (χ2v) is 11.9. The molecule has 4 aromatic rings. The van der Waals surface area contributed by atoms with Gasteiger partial charge in [-0.25, -0.2) is 13.4 Å². The van der Waals surface area contributed by atoms with E-state index in [1.54, 1.807) is 30.9 Å². The van der Waals surface area contributed by atoms with E-state index in [4.69, 9.17) is 4.98 Å². The van der Waals surface area contributed by atoms with E-state index in [2.05, 4.69) is 6.07 Å². The summed E-state index contributed by atoms with van der Waals surface area (Å²) in [5.74, 6) is -0.284. The fourth-order valence-electron chi connectivity index (χ4n) is 3.56. The number of hydrogen-bond acceptors (Lipinski definition) is 5. The second-order valence-electron chi connectivity index (χ2n) is 8.35. The summed E-state index contributed by atoms with van der Waals surface area (Å²) in [6.45, 7) is 7.68. The lowest BCUT2D eigenvalue weighted by atomic mass is 10.1. The molecule has 0 saturated carbocycles. The molecule has 0 N–H and O–H groups in total. The molecule has 5 nitrogen and oxygen atoms in total. The molecular formula is C26H26N2O3S2. The summed E-state index contributed by atoms with van der Waals surface area (Å²) < 4.78 is 26.4. The van der Waals surface area contributed by atoms with Gasteiger partial charge < -0.3 is 0 Å². The van der Waals surface area contributed by atoms with E-state index in [0.717, 1.165) is 26.9 Å². The van der Waals surface area contributed by atoms with Crippen LogP contribution in [0.15, 0.2) is 71.6 Å². The number of aryl methyl sites for hydroxylation is 2. The maximum absolute atomic E-state index is 13.7. The molecule has 33 heavy (non-hydrogen) atoms. The van der Waals surface area contributed by atoms with Crippen molar-refractivity contribution in [1.29, 1.82) is 0 Å². The summed E-state index contributed by atoms with van der Waals surface area (Å²) in [7, 11) is -3.50. The molecule has 0 aliphatic heterocycles. The third kappa shape index (κ3) is 4.56. The van der Waals surface area contributed by atoms with Crippen LogP contribution >= 0.6 is 11.3 Å². The average Bonchev–Trinajstić information content (AvgIpc) is 3.25. The van der Waals surface area contributed by atoms with Gasteiger partial charge in [-0.05, 0) is 68.7 Å². The number of hydrogen-bond donors (Lipinski definition) is 0. The first-order chi connectivity index (χ1) is 15.7. The van der Waals surface area contributed by atoms with Gasteiger partial charge in [-0.1, -0.05) is 53.8 Å². The van der Waals surface area contributed by atoms with Gasteiger partial charge in [-0.2, -0.15) is 0 Å². The zero-order valence-electron chi connectivity index (χ0n) is 19.1. The summed E-state index contributed by atoms with van der Waals surface area (Å²) in [5, 5.41) is 0.0171. The van der Waals surface area contributed by atoms with E-state index < -0.39 is 15.1 Å². The largest absolute Gasteiger partial charge is 0.279 e. The highest BCUT2D eigenvalue weighted by Crippen LogP contribution is 2.33. The van der Waals surface area contributed by atoms with Crippen LogP contribution in [-0.2, 0) is 16.4 Å². The number of nitrogens with zero attached hydrogens (tertiary/aromatic N) is 2. The smallest absolute Gasteiger partial charge is 0.260 e. The van der Waals surface area contributed by atoms with Crippen molar-refractivity contribution in [1.82, 2.24) is 4.98 Å². The number of rotatable bonds is 6. The lowest BCUT2D eigenvalue weighted by molar-refractivity contribution is 0.0985. The molecule has 0 bridgehead atoms. The van der Waals surface area contributed by atoms with E-state index in [1.165, 1.54) is 23.5 Å². The SMILES string of the molecule is Cc1ccc2sc(N(Cc3ccccc3)C(=O)c3cccc(S(=O)(=O)C(C)C)c3)nc2c1C. The normalized spacial score (nSPS) is 11.8. The summed E-state index contributed by atoms with van der Waals surface area (Å²) in [4.78, 5) is 20.3. The van der Waals surface area contributed by atoms with Crippen LogP contribution in [0.3, 0.4) is 0 Å². The quantitative estimate of drug-likeness (QED) is 0.344. The number of thiazole rings is 1. The molecule has 0 saturated heterocycles. The van der Waals surface area contributed by atoms with Gasteiger partial charge in [0.05, 0.1) is 26.9 Å². The fraction of sp³-hybridized carbons (Fsp3) is 0.231. The van der Waals surface area contributed by atoms with Crippen molar-refractivity contribution in [3.8, 4) is 0 Å². The lowest BCUT2D eigenvalue weighted by Crippen LogP contribution is -2.30. The van der Waals surface area contributed by atoms with E-state index in [9.17, 15) is 13.2 Å². The highest BCUT2D eigenvalue weighted by Gasteiger charge is 2.25. The van der Waals surface area contributed by atoms with Crippen LogP contribution in [0, 0.1) is 13.8 Å². The number of fused-ring (bicyclic) bond motifs is 1. The van der Waals surface area contributed by atoms with Crippen molar-refractivity contribution in [2.24, 2.45) is 0 Å². The molecule has 3 aromatic carbocycles. The Morgan fingerprint density at radius 1 is 1.00 bits per heavy atom. The molecule has 0 aliphatic rings. The maximum atomic E-state index is 13.7. The van der Waals surface area contributed by atoms with Crippen molar-refractivity contribution in [2.45, 2.75) is 44.4 Å². The summed E-state index contributed by atoms with van der Waals surface area (Å²) in [5.41, 5.74) is 4.40. The Labute approximate surface area is 198 Å². The monoisotopic (exact) mass is 478 g/mol. The molecule has 7 heteroatoms. The van der Waals surface area contributed by atoms with Crippen molar-refractivity contribution in [2.75, 3.05) is 4.90 Å². The van der Waals surface area contributed by atoms with Gasteiger partial charge in [0, 0.05) is 5.56 Å². The molecule has 0 radical (unpaired) electrons. The number of amides is 1. The minimum absolute atomic E-state index is 0.152. The number of sulfone groups is 1. The van der Waals surface area contributed by atoms with Crippen LogP contribution in [0.5, 0.6) is 0 Å². The number of anilines is 1. The number of benzene rings is 3. The Balaban J connectivity index is 1.81. The molecule has 4 rings (SSSR count). The number of carbonyl (C=O) groups is 1. The zero-order valence-corrected chi connectivity index (χ0v) is 20.7. The predicted molar refractivity (Wildman–Crippen MR) is 135 cm³/mol. The Morgan fingerprint density at radius 2 is 1.73 bits per heavy atom. The number of carbonyl (C=O) groups excluding carboxylic acids is 1. The minimum atomic E-state index is -3.50. The van der Waals surface area contributed by atoms with Crippen LogP contribution in [0.1, 0.15) is 40.9 Å². The van der Waals surface area contributed by atoms with Gasteiger partial charge in [-0.15, -0.1) is 0 Å². The first-order valence-corrected chi connectivity index (χ1v) is 13.1. The number of aromatic nitrogens is 1. The molecule has 0 fully saturated rings. The van der Waals surface area contributed by atoms with Gasteiger partial charge in [0.1, 0.15) is 0 Å². The van der Waals surface area contributed by atoms with Crippen molar-refractivity contribution >= 4 is 42.4 Å². The van der Waals surface area contributed by atoms with E-state index in [1.807, 2.05) is 50.2 Å². The van der Waals surface area contributed by atoms with Crippen molar-refractivity contribution < 1.29 is 13.2 Å². The highest BCUT2D eigenvalue weighted by atomic mass is 32.2. The third-order valence-corrected chi connectivity index (χ3v) is 8.96. The molecule has 170 valence electrons. The summed E-state index contributed by atoms with van der Waals surface area (Å²) in [6, 6.07) is 20.1. The first-order valence-electron chi connectivity index (χ1n) is 10.7. The Hall–Kier alpha value is -3.03. The topological polar surface area (TPSA) is 67.3 Å². The van der Waals surface area contributed by atoms with Gasteiger partial charge in [0.15, 0.2) is 15.0 Å². The summed E-state index contributed by atoms with van der Waals surface area (Å²) in [6.07, 6.45) is 0. The van der Waals surface area contributed by atoms with E-state index in [0.29, 0.717) is 17.2 Å². The molecule has 1 amide bonds. The molecule has 0 unspecified atom stereocenters. The maximum Gasteiger partial charge on any atom is 0.260 e. The molecule has 0 atom stereocenters. The van der Waals surface area contributed by atoms with Crippen LogP contribution in [0.25, 0.3) is 10.2 Å². The molecule has 0 spiro atoms. The van der Waals surface area contributed by atoms with Gasteiger partial charge >= 0.3 is 0 Å². The fourth-order valence-corrected chi connectivity index (χ4v) is 5.68. The molecule has 1 aromatic heterocycles. The molecule has 0 aliphatic carbocycles. The van der Waals surface area contributed by atoms with Gasteiger partial charge in [-0.3, -0.25) is 9.69 Å². The first kappa shape index (κ1) is 23.1. The molecular weight excluding hydrogens is 452 g/mol. The highest BCUT2D eigenvalue weighted by molar-refractivity contribution is 7.92. The minimum Gasteiger partial charge on any atom is -0.279 e. The van der Waals surface area contributed by atoms with Gasteiger partial charge in [0.2, 0.25) is 0 Å². The van der Waals surface area contributed by atoms with Crippen LogP contribution in [0.4, 0.5) is 5.13 Å². The predicted octanol–water partition coefficient (Wildman–Crippen LogP) is 5.94. The van der Waals surface area contributed by atoms with E-state index >= 15 is 0 Å². The third-order valence-electron chi connectivity index (χ3n) is 5.76. The standard InChI is InChI=1S/C26H26N2O3S2/c1-17(2)33(30,31)22-12-8-11-21(15-22)25(29)28(16-20-9-6-5-7-10-20)26-27-24-19(4)18(3)13-14-23(24)32-26/h5-15,17H,16H2,1-4H3. The van der Waals surface area contributed by atoms with Crippen molar-refractivity contribution in [3.63, 3.8) is 0 Å². The average molecular weight is 479 g/mol.